The van der Waals surface area contributed by atoms with E-state index in [9.17, 15) is 9.18 Å². The van der Waals surface area contributed by atoms with Gasteiger partial charge in [-0.3, -0.25) is 0 Å². The molecule has 1 aromatic rings. The number of benzene rings is 1. The maximum absolute atomic E-state index is 13.4. The summed E-state index contributed by atoms with van der Waals surface area (Å²) in [6.07, 6.45) is 0. The van der Waals surface area contributed by atoms with E-state index in [1.165, 1.54) is 26.3 Å². The van der Waals surface area contributed by atoms with E-state index in [1.54, 1.807) is 6.92 Å². The molecule has 0 unspecified atom stereocenters. The van der Waals surface area contributed by atoms with Crippen molar-refractivity contribution in [2.24, 2.45) is 5.84 Å². The number of methoxy groups -OCH3 is 1. The van der Waals surface area contributed by atoms with Crippen LogP contribution >= 0.6 is 0 Å². The Bertz CT molecular complexity index is 391. The summed E-state index contributed by atoms with van der Waals surface area (Å²) in [5, 5.41) is 1.06. The molecule has 0 aliphatic carbocycles. The number of hydrazine groups is 1. The lowest BCUT2D eigenvalue weighted by molar-refractivity contribution is 0.0600. The summed E-state index contributed by atoms with van der Waals surface area (Å²) in [5.74, 6) is 4.31. The molecule has 0 fully saturated rings. The third-order valence-electron chi connectivity index (χ3n) is 2.08. The third kappa shape index (κ3) is 2.07. The first-order valence-electron chi connectivity index (χ1n) is 4.35. The second-order valence-corrected chi connectivity index (χ2v) is 3.19. The minimum absolute atomic E-state index is 0.0434. The van der Waals surface area contributed by atoms with Crippen LogP contribution in [0.2, 0.25) is 0 Å². The minimum atomic E-state index is -0.598. The Balaban J connectivity index is 3.45. The molecular formula is C10H13FN2O2. The molecule has 0 bridgehead atoms. The van der Waals surface area contributed by atoms with Crippen molar-refractivity contribution >= 4 is 11.7 Å². The molecule has 0 radical (unpaired) electrons. The van der Waals surface area contributed by atoms with Gasteiger partial charge in [-0.05, 0) is 18.6 Å². The number of esters is 1. The number of nitrogens with zero attached hydrogens (tertiary/aromatic N) is 1. The second kappa shape index (κ2) is 4.27. The zero-order valence-corrected chi connectivity index (χ0v) is 8.87. The van der Waals surface area contributed by atoms with Gasteiger partial charge >= 0.3 is 5.97 Å². The van der Waals surface area contributed by atoms with Crippen molar-refractivity contribution in [1.29, 1.82) is 0 Å². The molecule has 4 nitrogen and oxygen atoms in total. The molecule has 82 valence electrons. The van der Waals surface area contributed by atoms with Crippen LogP contribution in [0, 0.1) is 12.7 Å². The third-order valence-corrected chi connectivity index (χ3v) is 2.08. The Labute approximate surface area is 87.4 Å². The van der Waals surface area contributed by atoms with Gasteiger partial charge in [0.05, 0.1) is 12.7 Å². The molecule has 2 N–H and O–H groups in total. The van der Waals surface area contributed by atoms with Gasteiger partial charge in [0.15, 0.2) is 0 Å². The van der Waals surface area contributed by atoms with Gasteiger partial charge in [0, 0.05) is 7.05 Å². The van der Waals surface area contributed by atoms with Gasteiger partial charge in [-0.25, -0.2) is 15.0 Å². The van der Waals surface area contributed by atoms with Crippen LogP contribution in [0.3, 0.4) is 0 Å². The highest BCUT2D eigenvalue weighted by atomic mass is 19.1. The SMILES string of the molecule is COC(=O)c1c(C)ccc(F)c1N(C)N. The lowest BCUT2D eigenvalue weighted by Crippen LogP contribution is -2.29. The van der Waals surface area contributed by atoms with E-state index in [0.29, 0.717) is 5.56 Å². The molecule has 0 amide bonds. The number of hydrogen-bond donors (Lipinski definition) is 1. The zero-order valence-electron chi connectivity index (χ0n) is 8.87. The molecule has 0 aromatic heterocycles. The average molecular weight is 212 g/mol. The van der Waals surface area contributed by atoms with E-state index in [0.717, 1.165) is 5.01 Å². The number of anilines is 1. The van der Waals surface area contributed by atoms with E-state index in [1.807, 2.05) is 0 Å². The normalized spacial score (nSPS) is 9.93. The fourth-order valence-corrected chi connectivity index (χ4v) is 1.37. The van der Waals surface area contributed by atoms with Gasteiger partial charge in [0.25, 0.3) is 0 Å². The summed E-state index contributed by atoms with van der Waals surface area (Å²) in [6.45, 7) is 1.69. The summed E-state index contributed by atoms with van der Waals surface area (Å²) in [7, 11) is 2.71. The summed E-state index contributed by atoms with van der Waals surface area (Å²) in [5.41, 5.74) is 0.819. The summed E-state index contributed by atoms with van der Waals surface area (Å²) in [6, 6.07) is 2.77. The van der Waals surface area contributed by atoms with Crippen LogP contribution in [0.4, 0.5) is 10.1 Å². The predicted molar refractivity (Wildman–Crippen MR) is 55.1 cm³/mol. The van der Waals surface area contributed by atoms with Crippen LogP contribution in [0.1, 0.15) is 15.9 Å². The highest BCUT2D eigenvalue weighted by Crippen LogP contribution is 2.25. The molecule has 15 heavy (non-hydrogen) atoms. The van der Waals surface area contributed by atoms with Crippen LogP contribution in [-0.2, 0) is 4.74 Å². The van der Waals surface area contributed by atoms with Crippen LogP contribution in [0.5, 0.6) is 0 Å². The van der Waals surface area contributed by atoms with Crippen molar-refractivity contribution in [3.05, 3.63) is 29.1 Å². The number of halogens is 1. The molecule has 0 atom stereocenters. The number of aryl methyl sites for hydroxylation is 1. The van der Waals surface area contributed by atoms with E-state index < -0.39 is 11.8 Å². The Morgan fingerprint density at radius 3 is 2.60 bits per heavy atom. The van der Waals surface area contributed by atoms with Crippen LogP contribution in [0.15, 0.2) is 12.1 Å². The smallest absolute Gasteiger partial charge is 0.340 e. The number of carbonyl (C=O) groups is 1. The number of nitrogens with two attached hydrogens (primary N) is 1. The Morgan fingerprint density at radius 1 is 1.53 bits per heavy atom. The van der Waals surface area contributed by atoms with E-state index in [2.05, 4.69) is 4.74 Å². The molecule has 0 aliphatic rings. The molecule has 1 rings (SSSR count). The maximum atomic E-state index is 13.4. The first-order valence-corrected chi connectivity index (χ1v) is 4.35. The van der Waals surface area contributed by atoms with Gasteiger partial charge in [0.2, 0.25) is 0 Å². The Morgan fingerprint density at radius 2 is 2.13 bits per heavy atom. The first-order chi connectivity index (χ1) is 6.99. The van der Waals surface area contributed by atoms with Gasteiger partial charge in [-0.1, -0.05) is 6.07 Å². The predicted octanol–water partition coefficient (Wildman–Crippen LogP) is 1.23. The quantitative estimate of drug-likeness (QED) is 0.455. The number of ether oxygens (including phenoxy) is 1. The van der Waals surface area contributed by atoms with Crippen molar-refractivity contribution < 1.29 is 13.9 Å². The van der Waals surface area contributed by atoms with Gasteiger partial charge in [-0.15, -0.1) is 0 Å². The lowest BCUT2D eigenvalue weighted by Gasteiger charge is -2.18. The van der Waals surface area contributed by atoms with Crippen LogP contribution in [-0.4, -0.2) is 20.1 Å². The van der Waals surface area contributed by atoms with Crippen molar-refractivity contribution in [3.63, 3.8) is 0 Å². The van der Waals surface area contributed by atoms with Crippen molar-refractivity contribution in [2.75, 3.05) is 19.2 Å². The van der Waals surface area contributed by atoms with E-state index in [-0.39, 0.29) is 11.3 Å². The molecule has 0 spiro atoms. The molecule has 0 saturated heterocycles. The lowest BCUT2D eigenvalue weighted by atomic mass is 10.1. The number of hydrogen-bond acceptors (Lipinski definition) is 4. The van der Waals surface area contributed by atoms with Gasteiger partial charge < -0.3 is 9.75 Å². The first kappa shape index (κ1) is 11.5. The maximum Gasteiger partial charge on any atom is 0.340 e. The molecule has 1 aromatic carbocycles. The molecule has 0 aliphatic heterocycles. The summed E-state index contributed by atoms with van der Waals surface area (Å²) in [4.78, 5) is 11.4. The van der Waals surface area contributed by atoms with Gasteiger partial charge in [-0.2, -0.15) is 0 Å². The largest absolute Gasteiger partial charge is 0.465 e. The molecule has 0 heterocycles. The van der Waals surface area contributed by atoms with E-state index >= 15 is 0 Å². The monoisotopic (exact) mass is 212 g/mol. The molecule has 0 saturated carbocycles. The van der Waals surface area contributed by atoms with Crippen LogP contribution in [0.25, 0.3) is 0 Å². The molecule has 5 heteroatoms. The summed E-state index contributed by atoms with van der Waals surface area (Å²) >= 11 is 0. The summed E-state index contributed by atoms with van der Waals surface area (Å²) < 4.78 is 18.0. The Kier molecular flexibility index (Phi) is 3.26. The average Bonchev–Trinajstić information content (AvgIpc) is 2.19. The topological polar surface area (TPSA) is 55.6 Å². The zero-order chi connectivity index (χ0) is 11.6. The number of carbonyl (C=O) groups excluding carboxylic acids is 1. The van der Waals surface area contributed by atoms with E-state index in [4.69, 9.17) is 5.84 Å². The highest BCUT2D eigenvalue weighted by molar-refractivity contribution is 5.97. The molecular weight excluding hydrogens is 199 g/mol. The fourth-order valence-electron chi connectivity index (χ4n) is 1.37. The van der Waals surface area contributed by atoms with Crippen molar-refractivity contribution in [1.82, 2.24) is 0 Å². The van der Waals surface area contributed by atoms with Crippen LogP contribution < -0.4 is 10.9 Å². The van der Waals surface area contributed by atoms with Gasteiger partial charge in [0.1, 0.15) is 11.5 Å². The number of rotatable bonds is 2. The van der Waals surface area contributed by atoms with Crippen molar-refractivity contribution in [3.8, 4) is 0 Å². The standard InChI is InChI=1S/C10H13FN2O2/c1-6-4-5-7(11)9(13(2)12)8(6)10(14)15-3/h4-5H,12H2,1-3H3. The highest BCUT2D eigenvalue weighted by Gasteiger charge is 2.20. The Hall–Kier alpha value is -1.62. The minimum Gasteiger partial charge on any atom is -0.465 e. The fraction of sp³-hybridized carbons (Fsp3) is 0.300. The second-order valence-electron chi connectivity index (χ2n) is 3.19. The van der Waals surface area contributed by atoms with Crippen molar-refractivity contribution in [2.45, 2.75) is 6.92 Å².